The fourth-order valence-corrected chi connectivity index (χ4v) is 1.71. The minimum Gasteiger partial charge on any atom is -0.506 e. The number of rotatable bonds is 2. The number of amides is 1. The molecule has 0 saturated heterocycles. The second-order valence-electron chi connectivity index (χ2n) is 4.02. The number of hydrogen-bond donors (Lipinski definition) is 2. The van der Waals surface area contributed by atoms with Gasteiger partial charge in [0, 0.05) is 0 Å². The number of phenols is 1. The van der Waals surface area contributed by atoms with Crippen LogP contribution >= 0.6 is 0 Å². The lowest BCUT2D eigenvalue weighted by Crippen LogP contribution is -2.16. The zero-order valence-corrected chi connectivity index (χ0v) is 10.1. The van der Waals surface area contributed by atoms with E-state index in [1.54, 1.807) is 19.1 Å². The minimum atomic E-state index is -0.953. The summed E-state index contributed by atoms with van der Waals surface area (Å²) >= 11 is 0. The lowest BCUT2D eigenvalue weighted by atomic mass is 10.1. The van der Waals surface area contributed by atoms with Gasteiger partial charge in [0.15, 0.2) is 0 Å². The molecule has 0 aromatic heterocycles. The van der Waals surface area contributed by atoms with Gasteiger partial charge in [-0.1, -0.05) is 18.2 Å². The van der Waals surface area contributed by atoms with E-state index in [1.807, 2.05) is 0 Å². The van der Waals surface area contributed by atoms with E-state index in [0.717, 1.165) is 12.1 Å². The fraction of sp³-hybridized carbons (Fsp3) is 0.0714. The van der Waals surface area contributed by atoms with Crippen LogP contribution in [0.25, 0.3) is 0 Å². The van der Waals surface area contributed by atoms with Crippen LogP contribution < -0.4 is 5.32 Å². The van der Waals surface area contributed by atoms with Gasteiger partial charge in [0.2, 0.25) is 0 Å². The maximum Gasteiger partial charge on any atom is 0.261 e. The van der Waals surface area contributed by atoms with Crippen LogP contribution in [-0.2, 0) is 0 Å². The molecule has 5 heteroatoms. The van der Waals surface area contributed by atoms with Crippen LogP contribution in [0.4, 0.5) is 14.5 Å². The first-order valence-corrected chi connectivity index (χ1v) is 5.54. The van der Waals surface area contributed by atoms with Crippen molar-refractivity contribution in [3.05, 3.63) is 59.2 Å². The van der Waals surface area contributed by atoms with E-state index in [0.29, 0.717) is 5.56 Å². The molecule has 98 valence electrons. The molecule has 0 spiro atoms. The van der Waals surface area contributed by atoms with E-state index in [2.05, 4.69) is 5.32 Å². The van der Waals surface area contributed by atoms with Crippen molar-refractivity contribution < 1.29 is 18.7 Å². The quantitative estimate of drug-likeness (QED) is 0.817. The Morgan fingerprint density at radius 3 is 2.26 bits per heavy atom. The Hall–Kier alpha value is -2.43. The van der Waals surface area contributed by atoms with Crippen LogP contribution in [0.2, 0.25) is 0 Å². The van der Waals surface area contributed by atoms with E-state index in [1.165, 1.54) is 12.1 Å². The summed E-state index contributed by atoms with van der Waals surface area (Å²) in [6.07, 6.45) is 0. The highest BCUT2D eigenvalue weighted by molar-refractivity contribution is 6.05. The number of aryl methyl sites for hydroxylation is 1. The third-order valence-corrected chi connectivity index (χ3v) is 2.68. The van der Waals surface area contributed by atoms with Crippen molar-refractivity contribution >= 4 is 11.6 Å². The van der Waals surface area contributed by atoms with Gasteiger partial charge in [-0.25, -0.2) is 8.78 Å². The van der Waals surface area contributed by atoms with Crippen LogP contribution in [0, 0.1) is 18.6 Å². The van der Waals surface area contributed by atoms with Crippen molar-refractivity contribution in [2.24, 2.45) is 0 Å². The molecule has 2 N–H and O–H groups in total. The molecule has 0 aliphatic heterocycles. The summed E-state index contributed by atoms with van der Waals surface area (Å²) < 4.78 is 26.9. The average Bonchev–Trinajstić information content (AvgIpc) is 2.34. The third-order valence-electron chi connectivity index (χ3n) is 2.68. The second kappa shape index (κ2) is 5.06. The molecule has 0 unspecified atom stereocenters. The van der Waals surface area contributed by atoms with Gasteiger partial charge in [-0.05, 0) is 30.7 Å². The van der Waals surface area contributed by atoms with Crippen LogP contribution in [-0.4, -0.2) is 11.0 Å². The highest BCUT2D eigenvalue weighted by Crippen LogP contribution is 2.27. The number of carbonyl (C=O) groups is 1. The van der Waals surface area contributed by atoms with Crippen molar-refractivity contribution in [1.82, 2.24) is 0 Å². The predicted octanol–water partition coefficient (Wildman–Crippen LogP) is 3.23. The third kappa shape index (κ3) is 2.54. The highest BCUT2D eigenvalue weighted by atomic mass is 19.1. The predicted molar refractivity (Wildman–Crippen MR) is 67.2 cm³/mol. The molecule has 0 heterocycles. The summed E-state index contributed by atoms with van der Waals surface area (Å²) in [7, 11) is 0. The smallest absolute Gasteiger partial charge is 0.261 e. The van der Waals surface area contributed by atoms with Crippen molar-refractivity contribution in [1.29, 1.82) is 0 Å². The molecule has 2 rings (SSSR count). The van der Waals surface area contributed by atoms with E-state index < -0.39 is 23.1 Å². The van der Waals surface area contributed by atoms with Crippen LogP contribution in [0.5, 0.6) is 5.75 Å². The van der Waals surface area contributed by atoms with Gasteiger partial charge in [0.1, 0.15) is 22.9 Å². The van der Waals surface area contributed by atoms with Crippen LogP contribution in [0.15, 0.2) is 36.4 Å². The first-order valence-electron chi connectivity index (χ1n) is 5.54. The molecule has 1 amide bonds. The van der Waals surface area contributed by atoms with Crippen molar-refractivity contribution in [2.75, 3.05) is 5.32 Å². The summed E-state index contributed by atoms with van der Waals surface area (Å²) in [5.74, 6) is -3.01. The summed E-state index contributed by atoms with van der Waals surface area (Å²) in [5, 5.41) is 11.9. The molecule has 0 bridgehead atoms. The number of halogens is 2. The monoisotopic (exact) mass is 263 g/mol. The lowest BCUT2D eigenvalue weighted by Gasteiger charge is -2.11. The molecule has 0 atom stereocenters. The van der Waals surface area contributed by atoms with Crippen molar-refractivity contribution in [3.63, 3.8) is 0 Å². The first kappa shape index (κ1) is 13.0. The van der Waals surface area contributed by atoms with Crippen LogP contribution in [0.1, 0.15) is 15.9 Å². The molecule has 0 radical (unpaired) electrons. The number of carbonyl (C=O) groups excluding carboxylic acids is 1. The molecule has 2 aromatic carbocycles. The molecule has 2 aromatic rings. The van der Waals surface area contributed by atoms with Crippen molar-refractivity contribution in [2.45, 2.75) is 6.92 Å². The van der Waals surface area contributed by atoms with Gasteiger partial charge >= 0.3 is 0 Å². The average molecular weight is 263 g/mol. The topological polar surface area (TPSA) is 49.3 Å². The number of benzene rings is 2. The van der Waals surface area contributed by atoms with Gasteiger partial charge in [0.25, 0.3) is 5.91 Å². The van der Waals surface area contributed by atoms with E-state index in [4.69, 9.17) is 0 Å². The van der Waals surface area contributed by atoms with Crippen molar-refractivity contribution in [3.8, 4) is 5.75 Å². The van der Waals surface area contributed by atoms with Gasteiger partial charge in [0.05, 0.1) is 5.69 Å². The Kier molecular flexibility index (Phi) is 3.46. The van der Waals surface area contributed by atoms with E-state index in [9.17, 15) is 18.7 Å². The Balaban J connectivity index is 2.37. The molecule has 0 aliphatic rings. The summed E-state index contributed by atoms with van der Waals surface area (Å²) in [6, 6.07) is 7.80. The van der Waals surface area contributed by atoms with E-state index >= 15 is 0 Å². The Bertz CT molecular complexity index is 601. The molecule has 19 heavy (non-hydrogen) atoms. The second-order valence-corrected chi connectivity index (χ2v) is 4.02. The van der Waals surface area contributed by atoms with Gasteiger partial charge in [-0.3, -0.25) is 4.79 Å². The number of hydrogen-bond acceptors (Lipinski definition) is 2. The summed E-state index contributed by atoms with van der Waals surface area (Å²) in [5.41, 5.74) is 0.0467. The number of nitrogens with one attached hydrogen (secondary N) is 1. The van der Waals surface area contributed by atoms with Gasteiger partial charge in [-0.2, -0.15) is 0 Å². The maximum atomic E-state index is 13.4. The molecular formula is C14H11F2NO2. The maximum absolute atomic E-state index is 13.4. The Labute approximate surface area is 108 Å². The lowest BCUT2D eigenvalue weighted by molar-refractivity contribution is 0.101. The largest absolute Gasteiger partial charge is 0.506 e. The Morgan fingerprint density at radius 1 is 1.11 bits per heavy atom. The molecular weight excluding hydrogens is 252 g/mol. The van der Waals surface area contributed by atoms with Crippen LogP contribution in [0.3, 0.4) is 0 Å². The molecule has 3 nitrogen and oxygen atoms in total. The Morgan fingerprint density at radius 2 is 1.68 bits per heavy atom. The zero-order chi connectivity index (χ0) is 14.0. The molecule has 0 fully saturated rings. The first-order chi connectivity index (χ1) is 9.00. The number of para-hydroxylation sites is 1. The summed E-state index contributed by atoms with van der Waals surface area (Å²) in [6.45, 7) is 1.66. The minimum absolute atomic E-state index is 0.134. The SMILES string of the molecule is Cc1cccc(O)c1NC(=O)c1c(F)cccc1F. The molecule has 0 aliphatic carbocycles. The number of anilines is 1. The van der Waals surface area contributed by atoms with Gasteiger partial charge in [-0.15, -0.1) is 0 Å². The fourth-order valence-electron chi connectivity index (χ4n) is 1.71. The normalized spacial score (nSPS) is 10.3. The number of phenolic OH excluding ortho intramolecular Hbond substituents is 1. The standard InChI is InChI=1S/C14H11F2NO2/c1-8-4-2-7-11(18)13(8)17-14(19)12-9(15)5-3-6-10(12)16/h2-7,18H,1H3,(H,17,19). The van der Waals surface area contributed by atoms with Gasteiger partial charge < -0.3 is 10.4 Å². The zero-order valence-electron chi connectivity index (χ0n) is 10.1. The molecule has 0 saturated carbocycles. The number of aromatic hydroxyl groups is 1. The summed E-state index contributed by atoms with van der Waals surface area (Å²) in [4.78, 5) is 11.9. The highest BCUT2D eigenvalue weighted by Gasteiger charge is 2.18. The van der Waals surface area contributed by atoms with E-state index in [-0.39, 0.29) is 11.4 Å².